The van der Waals surface area contributed by atoms with Gasteiger partial charge in [0.05, 0.1) is 17.4 Å². The molecule has 0 aromatic carbocycles. The standard InChI is InChI=1S/C11H16N4O3/c1-3-11(2,10(13)18)15-7-5-14-8(12)4-6(7)9(16)17/h4-5,15H,3H2,1-2H3,(H2,12,14)(H2,13,18)(H,16,17). The zero-order chi connectivity index (χ0) is 13.9. The van der Waals surface area contributed by atoms with E-state index in [2.05, 4.69) is 10.3 Å². The third-order valence-corrected chi connectivity index (χ3v) is 2.82. The largest absolute Gasteiger partial charge is 0.478 e. The van der Waals surface area contributed by atoms with Crippen LogP contribution in [0, 0.1) is 0 Å². The van der Waals surface area contributed by atoms with Crippen LogP contribution in [0.15, 0.2) is 12.3 Å². The summed E-state index contributed by atoms with van der Waals surface area (Å²) in [6.07, 6.45) is 1.68. The number of carboxylic acid groups (broad SMARTS) is 1. The zero-order valence-corrected chi connectivity index (χ0v) is 10.2. The Hall–Kier alpha value is -2.31. The number of amides is 1. The Balaban J connectivity index is 3.18. The molecular formula is C11H16N4O3. The molecule has 0 saturated carbocycles. The van der Waals surface area contributed by atoms with Crippen LogP contribution in [0.1, 0.15) is 30.6 Å². The lowest BCUT2D eigenvalue weighted by Gasteiger charge is -2.27. The van der Waals surface area contributed by atoms with Crippen molar-refractivity contribution in [3.05, 3.63) is 17.8 Å². The fourth-order valence-corrected chi connectivity index (χ4v) is 1.37. The van der Waals surface area contributed by atoms with Crippen molar-refractivity contribution in [2.45, 2.75) is 25.8 Å². The minimum atomic E-state index is -1.16. The molecule has 1 unspecified atom stereocenters. The molecule has 1 aromatic heterocycles. The number of nitrogens with two attached hydrogens (primary N) is 2. The summed E-state index contributed by atoms with van der Waals surface area (Å²) < 4.78 is 0. The monoisotopic (exact) mass is 252 g/mol. The van der Waals surface area contributed by atoms with E-state index in [0.29, 0.717) is 6.42 Å². The first-order valence-corrected chi connectivity index (χ1v) is 5.37. The molecule has 1 atom stereocenters. The van der Waals surface area contributed by atoms with Gasteiger partial charge in [-0.2, -0.15) is 0 Å². The van der Waals surface area contributed by atoms with E-state index in [1.165, 1.54) is 12.3 Å². The number of nitrogens with zero attached hydrogens (tertiary/aromatic N) is 1. The Labute approximate surface area is 104 Å². The topological polar surface area (TPSA) is 131 Å². The molecule has 1 aromatic rings. The van der Waals surface area contributed by atoms with Crippen molar-refractivity contribution >= 4 is 23.4 Å². The second-order valence-corrected chi connectivity index (χ2v) is 4.13. The van der Waals surface area contributed by atoms with E-state index in [0.717, 1.165) is 0 Å². The second-order valence-electron chi connectivity index (χ2n) is 4.13. The summed E-state index contributed by atoms with van der Waals surface area (Å²) in [7, 11) is 0. The average Bonchev–Trinajstić information content (AvgIpc) is 2.30. The normalized spacial score (nSPS) is 13.7. The highest BCUT2D eigenvalue weighted by molar-refractivity contribution is 5.96. The highest BCUT2D eigenvalue weighted by Crippen LogP contribution is 2.22. The first-order valence-electron chi connectivity index (χ1n) is 5.37. The van der Waals surface area contributed by atoms with Crippen molar-refractivity contribution in [2.24, 2.45) is 5.73 Å². The number of hydrogen-bond donors (Lipinski definition) is 4. The van der Waals surface area contributed by atoms with Gasteiger partial charge in [0, 0.05) is 0 Å². The van der Waals surface area contributed by atoms with E-state index in [1.54, 1.807) is 13.8 Å². The molecule has 0 radical (unpaired) electrons. The molecule has 0 aliphatic heterocycles. The highest BCUT2D eigenvalue weighted by Gasteiger charge is 2.30. The van der Waals surface area contributed by atoms with Gasteiger partial charge in [-0.1, -0.05) is 6.92 Å². The quantitative estimate of drug-likeness (QED) is 0.600. The van der Waals surface area contributed by atoms with Gasteiger partial charge in [-0.05, 0) is 19.4 Å². The first-order chi connectivity index (χ1) is 8.30. The van der Waals surface area contributed by atoms with Gasteiger partial charge >= 0.3 is 5.97 Å². The van der Waals surface area contributed by atoms with Crippen molar-refractivity contribution in [3.8, 4) is 0 Å². The lowest BCUT2D eigenvalue weighted by atomic mass is 9.97. The minimum Gasteiger partial charge on any atom is -0.478 e. The minimum absolute atomic E-state index is 0.0524. The molecule has 0 spiro atoms. The Kier molecular flexibility index (Phi) is 3.75. The van der Waals surface area contributed by atoms with E-state index in [9.17, 15) is 9.59 Å². The van der Waals surface area contributed by atoms with E-state index < -0.39 is 17.4 Å². The van der Waals surface area contributed by atoms with Gasteiger partial charge in [-0.15, -0.1) is 0 Å². The number of nitrogen functional groups attached to an aromatic ring is 1. The summed E-state index contributed by atoms with van der Waals surface area (Å²) in [4.78, 5) is 26.3. The van der Waals surface area contributed by atoms with Crippen LogP contribution >= 0.6 is 0 Å². The molecule has 98 valence electrons. The Morgan fingerprint density at radius 2 is 2.17 bits per heavy atom. The number of nitrogens with one attached hydrogen (secondary N) is 1. The van der Waals surface area contributed by atoms with Crippen molar-refractivity contribution in [2.75, 3.05) is 11.1 Å². The smallest absolute Gasteiger partial charge is 0.337 e. The molecule has 18 heavy (non-hydrogen) atoms. The van der Waals surface area contributed by atoms with Gasteiger partial charge < -0.3 is 21.9 Å². The SMILES string of the molecule is CCC(C)(Nc1cnc(N)cc1C(=O)O)C(N)=O. The van der Waals surface area contributed by atoms with Gasteiger partial charge in [0.1, 0.15) is 11.4 Å². The van der Waals surface area contributed by atoms with Crippen LogP contribution in [0.4, 0.5) is 11.5 Å². The predicted molar refractivity (Wildman–Crippen MR) is 67.1 cm³/mol. The number of anilines is 2. The maximum absolute atomic E-state index is 11.4. The number of aromatic carboxylic acids is 1. The van der Waals surface area contributed by atoms with Gasteiger partial charge in [0.25, 0.3) is 0 Å². The van der Waals surface area contributed by atoms with Crippen molar-refractivity contribution in [3.63, 3.8) is 0 Å². The maximum atomic E-state index is 11.4. The van der Waals surface area contributed by atoms with E-state index in [4.69, 9.17) is 16.6 Å². The zero-order valence-electron chi connectivity index (χ0n) is 10.2. The van der Waals surface area contributed by atoms with Crippen molar-refractivity contribution < 1.29 is 14.7 Å². The van der Waals surface area contributed by atoms with Gasteiger partial charge in [-0.3, -0.25) is 4.79 Å². The van der Waals surface area contributed by atoms with Crippen LogP contribution in [-0.2, 0) is 4.79 Å². The van der Waals surface area contributed by atoms with Crippen molar-refractivity contribution in [1.29, 1.82) is 0 Å². The third kappa shape index (κ3) is 2.68. The van der Waals surface area contributed by atoms with Crippen LogP contribution in [0.3, 0.4) is 0 Å². The fourth-order valence-electron chi connectivity index (χ4n) is 1.37. The molecule has 1 amide bonds. The number of hydrogen-bond acceptors (Lipinski definition) is 5. The van der Waals surface area contributed by atoms with Gasteiger partial charge in [-0.25, -0.2) is 9.78 Å². The number of carboxylic acids is 1. The molecule has 0 aliphatic carbocycles. The number of primary amides is 1. The average molecular weight is 252 g/mol. The van der Waals surface area contributed by atoms with Gasteiger partial charge in [0.15, 0.2) is 0 Å². The molecule has 0 fully saturated rings. The number of carbonyl (C=O) groups excluding carboxylic acids is 1. The Morgan fingerprint density at radius 1 is 1.56 bits per heavy atom. The van der Waals surface area contributed by atoms with Crippen LogP contribution in [0.5, 0.6) is 0 Å². The lowest BCUT2D eigenvalue weighted by Crippen LogP contribution is -2.47. The number of pyridine rings is 1. The lowest BCUT2D eigenvalue weighted by molar-refractivity contribution is -0.121. The van der Waals surface area contributed by atoms with Crippen molar-refractivity contribution in [1.82, 2.24) is 4.98 Å². The fraction of sp³-hybridized carbons (Fsp3) is 0.364. The molecule has 0 bridgehead atoms. The van der Waals surface area contributed by atoms with E-state index >= 15 is 0 Å². The Morgan fingerprint density at radius 3 is 2.61 bits per heavy atom. The molecule has 7 nitrogen and oxygen atoms in total. The van der Waals surface area contributed by atoms with Crippen LogP contribution in [-0.4, -0.2) is 27.5 Å². The summed E-state index contributed by atoms with van der Waals surface area (Å²) in [5, 5.41) is 11.9. The highest BCUT2D eigenvalue weighted by atomic mass is 16.4. The summed E-state index contributed by atoms with van der Waals surface area (Å²) >= 11 is 0. The number of carbonyl (C=O) groups is 2. The molecular weight excluding hydrogens is 236 g/mol. The van der Waals surface area contributed by atoms with Crippen LogP contribution in [0.25, 0.3) is 0 Å². The molecule has 7 heteroatoms. The number of rotatable bonds is 5. The summed E-state index contributed by atoms with van der Waals surface area (Å²) in [5.41, 5.74) is 9.84. The van der Waals surface area contributed by atoms with Crippen LogP contribution in [0.2, 0.25) is 0 Å². The maximum Gasteiger partial charge on any atom is 0.337 e. The number of aromatic nitrogens is 1. The van der Waals surface area contributed by atoms with E-state index in [1.807, 2.05) is 0 Å². The Bertz CT molecular complexity index is 489. The molecule has 6 N–H and O–H groups in total. The second kappa shape index (κ2) is 4.91. The third-order valence-electron chi connectivity index (χ3n) is 2.82. The molecule has 0 saturated heterocycles. The predicted octanol–water partition coefficient (Wildman–Crippen LogP) is 0.428. The summed E-state index contributed by atoms with van der Waals surface area (Å²) in [6.45, 7) is 3.36. The summed E-state index contributed by atoms with van der Waals surface area (Å²) in [5.74, 6) is -1.64. The molecule has 1 heterocycles. The molecule has 1 rings (SSSR count). The summed E-state index contributed by atoms with van der Waals surface area (Å²) in [6, 6.07) is 1.22. The van der Waals surface area contributed by atoms with Crippen LogP contribution < -0.4 is 16.8 Å². The first kappa shape index (κ1) is 13.8. The van der Waals surface area contributed by atoms with E-state index in [-0.39, 0.29) is 17.1 Å². The molecule has 0 aliphatic rings. The van der Waals surface area contributed by atoms with Gasteiger partial charge in [0.2, 0.25) is 5.91 Å².